The SMILES string of the molecule is CCCCCOS(=O)(=O)O.CCO. The fourth-order valence-corrected chi connectivity index (χ4v) is 0.845. The quantitative estimate of drug-likeness (QED) is 0.526. The Morgan fingerprint density at radius 3 is 2.00 bits per heavy atom. The maximum Gasteiger partial charge on any atom is 0.397 e. The Labute approximate surface area is 79.7 Å². The largest absolute Gasteiger partial charge is 0.397 e. The van der Waals surface area contributed by atoms with E-state index in [1.165, 1.54) is 0 Å². The first-order valence-electron chi connectivity index (χ1n) is 4.20. The van der Waals surface area contributed by atoms with Gasteiger partial charge < -0.3 is 5.11 Å². The molecule has 0 bridgehead atoms. The van der Waals surface area contributed by atoms with Crippen molar-refractivity contribution in [2.24, 2.45) is 0 Å². The van der Waals surface area contributed by atoms with Crippen molar-refractivity contribution in [3.05, 3.63) is 0 Å². The molecule has 0 fully saturated rings. The van der Waals surface area contributed by atoms with E-state index in [1.54, 1.807) is 6.92 Å². The van der Waals surface area contributed by atoms with E-state index in [-0.39, 0.29) is 13.2 Å². The second-order valence-corrected chi connectivity index (χ2v) is 3.36. The summed E-state index contributed by atoms with van der Waals surface area (Å²) in [5.74, 6) is 0. The molecule has 6 heteroatoms. The molecule has 0 saturated heterocycles. The van der Waals surface area contributed by atoms with Crippen LogP contribution in [0.3, 0.4) is 0 Å². The Bertz CT molecular complexity index is 175. The van der Waals surface area contributed by atoms with Crippen molar-refractivity contribution in [1.82, 2.24) is 0 Å². The molecule has 0 radical (unpaired) electrons. The Kier molecular flexibility index (Phi) is 11.7. The Morgan fingerprint density at radius 2 is 1.69 bits per heavy atom. The molecule has 0 atom stereocenters. The summed E-state index contributed by atoms with van der Waals surface area (Å²) in [6, 6.07) is 0. The third kappa shape index (κ3) is 24.5. The van der Waals surface area contributed by atoms with E-state index in [9.17, 15) is 8.42 Å². The third-order valence-electron chi connectivity index (χ3n) is 0.980. The Balaban J connectivity index is 0. The maximum atomic E-state index is 9.93. The van der Waals surface area contributed by atoms with Gasteiger partial charge in [0.05, 0.1) is 6.61 Å². The summed E-state index contributed by atoms with van der Waals surface area (Å²) < 4.78 is 32.0. The minimum Gasteiger partial charge on any atom is -0.397 e. The van der Waals surface area contributed by atoms with Gasteiger partial charge in [0, 0.05) is 6.61 Å². The van der Waals surface area contributed by atoms with Gasteiger partial charge in [-0.2, -0.15) is 8.42 Å². The zero-order valence-corrected chi connectivity index (χ0v) is 8.88. The zero-order chi connectivity index (χ0) is 10.7. The van der Waals surface area contributed by atoms with Crippen LogP contribution in [-0.4, -0.2) is 31.3 Å². The van der Waals surface area contributed by atoms with E-state index in [4.69, 9.17) is 9.66 Å². The molecule has 0 aliphatic rings. The number of hydrogen-bond acceptors (Lipinski definition) is 4. The van der Waals surface area contributed by atoms with Crippen molar-refractivity contribution in [2.75, 3.05) is 13.2 Å². The predicted molar refractivity (Wildman–Crippen MR) is 49.8 cm³/mol. The van der Waals surface area contributed by atoms with Crippen LogP contribution in [0.4, 0.5) is 0 Å². The van der Waals surface area contributed by atoms with Crippen LogP contribution in [0.25, 0.3) is 0 Å². The lowest BCUT2D eigenvalue weighted by Crippen LogP contribution is -2.04. The molecular weight excluding hydrogens is 196 g/mol. The van der Waals surface area contributed by atoms with E-state index in [1.807, 2.05) is 6.92 Å². The fourth-order valence-electron chi connectivity index (χ4n) is 0.516. The van der Waals surface area contributed by atoms with Crippen molar-refractivity contribution in [3.8, 4) is 0 Å². The van der Waals surface area contributed by atoms with Gasteiger partial charge in [-0.15, -0.1) is 0 Å². The van der Waals surface area contributed by atoms with E-state index in [0.29, 0.717) is 6.42 Å². The second kappa shape index (κ2) is 9.91. The summed E-state index contributed by atoms with van der Waals surface area (Å²) in [6.45, 7) is 4.00. The molecule has 2 N–H and O–H groups in total. The normalized spacial score (nSPS) is 10.5. The lowest BCUT2D eigenvalue weighted by molar-refractivity contribution is 0.262. The van der Waals surface area contributed by atoms with Gasteiger partial charge in [-0.3, -0.25) is 4.55 Å². The third-order valence-corrected chi connectivity index (χ3v) is 1.44. The van der Waals surface area contributed by atoms with Crippen LogP contribution in [-0.2, 0) is 14.6 Å². The molecule has 82 valence electrons. The first-order valence-corrected chi connectivity index (χ1v) is 5.57. The summed E-state index contributed by atoms with van der Waals surface area (Å²) in [5.41, 5.74) is 0. The molecule has 0 aromatic rings. The summed E-state index contributed by atoms with van der Waals surface area (Å²) in [7, 11) is -4.20. The van der Waals surface area contributed by atoms with Gasteiger partial charge in [0.2, 0.25) is 0 Å². The number of rotatable bonds is 5. The van der Waals surface area contributed by atoms with Crippen LogP contribution < -0.4 is 0 Å². The molecule has 0 aromatic heterocycles. The molecule has 13 heavy (non-hydrogen) atoms. The number of aliphatic hydroxyl groups is 1. The van der Waals surface area contributed by atoms with E-state index in [2.05, 4.69) is 4.18 Å². The maximum absolute atomic E-state index is 9.93. The summed E-state index contributed by atoms with van der Waals surface area (Å²) in [4.78, 5) is 0. The van der Waals surface area contributed by atoms with Gasteiger partial charge in [-0.1, -0.05) is 19.8 Å². The minimum atomic E-state index is -4.20. The first-order chi connectivity index (χ1) is 5.97. The van der Waals surface area contributed by atoms with Crippen molar-refractivity contribution in [1.29, 1.82) is 0 Å². The van der Waals surface area contributed by atoms with Crippen LogP contribution in [0.2, 0.25) is 0 Å². The second-order valence-electron chi connectivity index (χ2n) is 2.27. The molecule has 5 nitrogen and oxygen atoms in total. The first kappa shape index (κ1) is 15.3. The van der Waals surface area contributed by atoms with Gasteiger partial charge in [-0.05, 0) is 13.3 Å². The number of aliphatic hydroxyl groups excluding tert-OH is 1. The van der Waals surface area contributed by atoms with Crippen LogP contribution >= 0.6 is 0 Å². The van der Waals surface area contributed by atoms with Crippen molar-refractivity contribution >= 4 is 10.4 Å². The molecule has 0 unspecified atom stereocenters. The highest BCUT2D eigenvalue weighted by Gasteiger charge is 2.01. The number of hydrogen-bond donors (Lipinski definition) is 2. The topological polar surface area (TPSA) is 83.8 Å². The molecule has 0 heterocycles. The molecule has 0 aliphatic carbocycles. The number of unbranched alkanes of at least 4 members (excludes halogenated alkanes) is 2. The highest BCUT2D eigenvalue weighted by atomic mass is 32.3. The highest BCUT2D eigenvalue weighted by Crippen LogP contribution is 1.96. The lowest BCUT2D eigenvalue weighted by atomic mass is 10.3. The van der Waals surface area contributed by atoms with E-state index in [0.717, 1.165) is 12.8 Å². The molecule has 0 rings (SSSR count). The van der Waals surface area contributed by atoms with Gasteiger partial charge in [-0.25, -0.2) is 4.18 Å². The predicted octanol–water partition coefficient (Wildman–Crippen LogP) is 0.995. The Hall–Kier alpha value is -0.170. The van der Waals surface area contributed by atoms with Crippen LogP contribution in [0.1, 0.15) is 33.1 Å². The van der Waals surface area contributed by atoms with Gasteiger partial charge in [0.25, 0.3) is 0 Å². The van der Waals surface area contributed by atoms with Gasteiger partial charge in [0.15, 0.2) is 0 Å². The average molecular weight is 214 g/mol. The lowest BCUT2D eigenvalue weighted by Gasteiger charge is -1.96. The molecule has 0 amide bonds. The van der Waals surface area contributed by atoms with Crippen LogP contribution in [0, 0.1) is 0 Å². The highest BCUT2D eigenvalue weighted by molar-refractivity contribution is 7.80. The van der Waals surface area contributed by atoms with Crippen LogP contribution in [0.5, 0.6) is 0 Å². The zero-order valence-electron chi connectivity index (χ0n) is 8.06. The molecule has 0 saturated carbocycles. The molecule has 0 aromatic carbocycles. The van der Waals surface area contributed by atoms with Crippen molar-refractivity contribution < 1.29 is 22.3 Å². The minimum absolute atomic E-state index is 0.0761. The summed E-state index contributed by atoms with van der Waals surface area (Å²) in [5, 5.41) is 7.57. The monoisotopic (exact) mass is 214 g/mol. The van der Waals surface area contributed by atoms with E-state index >= 15 is 0 Å². The van der Waals surface area contributed by atoms with Gasteiger partial charge in [0.1, 0.15) is 0 Å². The summed E-state index contributed by atoms with van der Waals surface area (Å²) >= 11 is 0. The smallest absolute Gasteiger partial charge is 0.397 e. The van der Waals surface area contributed by atoms with Crippen molar-refractivity contribution in [3.63, 3.8) is 0 Å². The fraction of sp³-hybridized carbons (Fsp3) is 1.00. The molecule has 0 spiro atoms. The Morgan fingerprint density at radius 1 is 1.23 bits per heavy atom. The van der Waals surface area contributed by atoms with E-state index < -0.39 is 10.4 Å². The molecule has 0 aliphatic heterocycles. The van der Waals surface area contributed by atoms with Crippen molar-refractivity contribution in [2.45, 2.75) is 33.1 Å². The van der Waals surface area contributed by atoms with Gasteiger partial charge >= 0.3 is 10.4 Å². The summed E-state index contributed by atoms with van der Waals surface area (Å²) in [6.07, 6.45) is 2.57. The molecular formula is C7H18O5S. The van der Waals surface area contributed by atoms with Crippen LogP contribution in [0.15, 0.2) is 0 Å². The standard InChI is InChI=1S/C5H12O4S.C2H6O/c1-2-3-4-5-9-10(6,7)8;1-2-3/h2-5H2,1H3,(H,6,7,8);3H,2H2,1H3. The average Bonchev–Trinajstić information content (AvgIpc) is 1.98.